The zero-order valence-corrected chi connectivity index (χ0v) is 19.2. The summed E-state index contributed by atoms with van der Waals surface area (Å²) in [6.45, 7) is 7.34. The van der Waals surface area contributed by atoms with E-state index in [9.17, 15) is 5.11 Å². The van der Waals surface area contributed by atoms with Crippen molar-refractivity contribution in [2.75, 3.05) is 45.9 Å². The maximum atomic E-state index is 10.7. The topological polar surface area (TPSA) is 82.3 Å². The highest BCUT2D eigenvalue weighted by Crippen LogP contribution is 2.24. The summed E-state index contributed by atoms with van der Waals surface area (Å²) >= 11 is 0. The molecule has 1 aromatic rings. The van der Waals surface area contributed by atoms with E-state index in [-0.39, 0.29) is 30.0 Å². The predicted octanol–water partition coefficient (Wildman–Crippen LogP) is 2.52. The first kappa shape index (κ1) is 23.4. The van der Waals surface area contributed by atoms with Gasteiger partial charge in [-0.1, -0.05) is 6.42 Å². The molecule has 2 saturated heterocycles. The monoisotopic (exact) mass is 506 g/mol. The van der Waals surface area contributed by atoms with Gasteiger partial charge in [0.15, 0.2) is 5.96 Å². The molecule has 0 bridgehead atoms. The summed E-state index contributed by atoms with van der Waals surface area (Å²) in [4.78, 5) is 7.14. The molecular weight excluding hydrogens is 471 g/mol. The second-order valence-electron chi connectivity index (χ2n) is 7.54. The number of furan rings is 1. The lowest BCUT2D eigenvalue weighted by atomic mass is 9.95. The number of likely N-dealkylation sites (tertiary alicyclic amines) is 1. The Hall–Kier alpha value is -0.840. The van der Waals surface area contributed by atoms with E-state index in [2.05, 4.69) is 33.5 Å². The maximum absolute atomic E-state index is 10.7. The smallest absolute Gasteiger partial charge is 0.191 e. The van der Waals surface area contributed by atoms with E-state index in [1.807, 2.05) is 6.07 Å². The molecule has 3 heterocycles. The maximum Gasteiger partial charge on any atom is 0.191 e. The summed E-state index contributed by atoms with van der Waals surface area (Å²) in [5.74, 6) is 1.73. The van der Waals surface area contributed by atoms with Gasteiger partial charge in [-0.3, -0.25) is 9.89 Å². The predicted molar refractivity (Wildman–Crippen MR) is 121 cm³/mol. The summed E-state index contributed by atoms with van der Waals surface area (Å²) in [5, 5.41) is 17.4. The number of halogens is 1. The number of aliphatic imine (C=N–C) groups is 1. The number of hydrogen-bond acceptors (Lipinski definition) is 5. The van der Waals surface area contributed by atoms with Crippen molar-refractivity contribution in [1.29, 1.82) is 0 Å². The van der Waals surface area contributed by atoms with Crippen molar-refractivity contribution < 1.29 is 14.3 Å². The van der Waals surface area contributed by atoms with Gasteiger partial charge in [0.05, 0.1) is 24.5 Å². The van der Waals surface area contributed by atoms with E-state index in [1.54, 1.807) is 6.26 Å². The fourth-order valence-corrected chi connectivity index (χ4v) is 3.79. The van der Waals surface area contributed by atoms with Crippen LogP contribution in [0, 0.1) is 0 Å². The molecule has 8 heteroatoms. The van der Waals surface area contributed by atoms with Crippen LogP contribution >= 0.6 is 24.0 Å². The standard InChI is InChI=1S/C20H34N4O3.HI/c1-2-21-19(23-16-20(25)8-13-26-14-9-20)22-15-17(18-7-6-12-27-18)24-10-4-3-5-11-24;/h6-7,12,17,25H,2-5,8-11,13-16H2,1H3,(H2,21,22,23);1H. The Bertz CT molecular complexity index is 570. The Morgan fingerprint density at radius 1 is 1.25 bits per heavy atom. The number of hydrogen-bond donors (Lipinski definition) is 3. The van der Waals surface area contributed by atoms with Crippen molar-refractivity contribution in [3.63, 3.8) is 0 Å². The molecule has 0 aliphatic carbocycles. The molecule has 1 aromatic heterocycles. The second kappa shape index (κ2) is 12.0. The third kappa shape index (κ3) is 6.89. The van der Waals surface area contributed by atoms with Gasteiger partial charge in [-0.05, 0) is 45.0 Å². The van der Waals surface area contributed by atoms with Crippen LogP contribution in [0.3, 0.4) is 0 Å². The van der Waals surface area contributed by atoms with Crippen LogP contribution in [0.15, 0.2) is 27.8 Å². The molecule has 0 spiro atoms. The molecule has 7 nitrogen and oxygen atoms in total. The van der Waals surface area contributed by atoms with Crippen LogP contribution in [-0.2, 0) is 4.74 Å². The molecule has 2 fully saturated rings. The summed E-state index contributed by atoms with van der Waals surface area (Å²) in [6.07, 6.45) is 6.80. The molecule has 2 aliphatic heterocycles. The van der Waals surface area contributed by atoms with Gasteiger partial charge < -0.3 is 24.9 Å². The van der Waals surface area contributed by atoms with E-state index in [0.717, 1.165) is 37.9 Å². The van der Waals surface area contributed by atoms with Gasteiger partial charge in [-0.2, -0.15) is 0 Å². The molecule has 160 valence electrons. The molecule has 2 aliphatic rings. The van der Waals surface area contributed by atoms with Crippen molar-refractivity contribution >= 4 is 29.9 Å². The molecule has 1 unspecified atom stereocenters. The van der Waals surface area contributed by atoms with Gasteiger partial charge in [-0.25, -0.2) is 0 Å². The minimum absolute atomic E-state index is 0. The number of nitrogens with zero attached hydrogens (tertiary/aromatic N) is 2. The Balaban J connectivity index is 0.00000280. The second-order valence-corrected chi connectivity index (χ2v) is 7.54. The third-order valence-corrected chi connectivity index (χ3v) is 5.47. The van der Waals surface area contributed by atoms with Crippen LogP contribution in [0.25, 0.3) is 0 Å². The van der Waals surface area contributed by atoms with Crippen LogP contribution < -0.4 is 10.6 Å². The quantitative estimate of drug-likeness (QED) is 0.300. The fourth-order valence-electron chi connectivity index (χ4n) is 3.79. The van der Waals surface area contributed by atoms with E-state index in [0.29, 0.717) is 32.6 Å². The summed E-state index contributed by atoms with van der Waals surface area (Å²) < 4.78 is 11.1. The number of guanidine groups is 1. The van der Waals surface area contributed by atoms with Crippen molar-refractivity contribution in [3.05, 3.63) is 24.2 Å². The third-order valence-electron chi connectivity index (χ3n) is 5.47. The van der Waals surface area contributed by atoms with Crippen molar-refractivity contribution in [2.24, 2.45) is 4.99 Å². The Labute approximate surface area is 185 Å². The lowest BCUT2D eigenvalue weighted by molar-refractivity contribution is -0.0566. The van der Waals surface area contributed by atoms with Crippen LogP contribution in [-0.4, -0.2) is 67.5 Å². The molecule has 3 N–H and O–H groups in total. The number of nitrogens with one attached hydrogen (secondary N) is 2. The summed E-state index contributed by atoms with van der Waals surface area (Å²) in [7, 11) is 0. The summed E-state index contributed by atoms with van der Waals surface area (Å²) in [6, 6.07) is 4.19. The minimum atomic E-state index is -0.756. The number of rotatable bonds is 7. The largest absolute Gasteiger partial charge is 0.468 e. The zero-order chi connectivity index (χ0) is 19.0. The average Bonchev–Trinajstić information content (AvgIpc) is 3.22. The Kier molecular flexibility index (Phi) is 10.0. The molecular formula is C20H35IN4O3. The van der Waals surface area contributed by atoms with E-state index in [4.69, 9.17) is 9.15 Å². The lowest BCUT2D eigenvalue weighted by Gasteiger charge is -2.34. The van der Waals surface area contributed by atoms with Gasteiger partial charge in [0.25, 0.3) is 0 Å². The first-order chi connectivity index (χ1) is 13.2. The zero-order valence-electron chi connectivity index (χ0n) is 16.9. The molecule has 0 saturated carbocycles. The normalized spacial score (nSPS) is 21.6. The van der Waals surface area contributed by atoms with Gasteiger partial charge in [0.2, 0.25) is 0 Å². The number of ether oxygens (including phenoxy) is 1. The van der Waals surface area contributed by atoms with Crippen LogP contribution in [0.1, 0.15) is 50.8 Å². The van der Waals surface area contributed by atoms with E-state index >= 15 is 0 Å². The Morgan fingerprint density at radius 3 is 2.64 bits per heavy atom. The average molecular weight is 506 g/mol. The van der Waals surface area contributed by atoms with Gasteiger partial charge in [-0.15, -0.1) is 24.0 Å². The van der Waals surface area contributed by atoms with Crippen molar-refractivity contribution in [3.8, 4) is 0 Å². The van der Waals surface area contributed by atoms with E-state index in [1.165, 1.54) is 19.3 Å². The van der Waals surface area contributed by atoms with Gasteiger partial charge in [0, 0.05) is 39.1 Å². The lowest BCUT2D eigenvalue weighted by Crippen LogP contribution is -2.46. The molecule has 0 amide bonds. The molecule has 0 aromatic carbocycles. The highest BCUT2D eigenvalue weighted by molar-refractivity contribution is 14.0. The van der Waals surface area contributed by atoms with Crippen LogP contribution in [0.5, 0.6) is 0 Å². The number of aliphatic hydroxyl groups is 1. The van der Waals surface area contributed by atoms with Gasteiger partial charge in [0.1, 0.15) is 5.76 Å². The SMILES string of the molecule is CCNC(=NCC1(O)CCOCC1)NCC(c1ccco1)N1CCCCC1.I. The minimum Gasteiger partial charge on any atom is -0.468 e. The first-order valence-corrected chi connectivity index (χ1v) is 10.3. The van der Waals surface area contributed by atoms with E-state index < -0.39 is 5.60 Å². The summed E-state index contributed by atoms with van der Waals surface area (Å²) in [5.41, 5.74) is -0.756. The highest BCUT2D eigenvalue weighted by atomic mass is 127. The number of piperidine rings is 1. The van der Waals surface area contributed by atoms with Crippen LogP contribution in [0.2, 0.25) is 0 Å². The van der Waals surface area contributed by atoms with Crippen molar-refractivity contribution in [2.45, 2.75) is 50.7 Å². The van der Waals surface area contributed by atoms with Crippen LogP contribution in [0.4, 0.5) is 0 Å². The highest BCUT2D eigenvalue weighted by Gasteiger charge is 2.30. The fraction of sp³-hybridized carbons (Fsp3) is 0.750. The van der Waals surface area contributed by atoms with Gasteiger partial charge >= 0.3 is 0 Å². The molecule has 28 heavy (non-hydrogen) atoms. The Morgan fingerprint density at radius 2 is 2.00 bits per heavy atom. The molecule has 1 atom stereocenters. The molecule has 3 rings (SSSR count). The molecule has 0 radical (unpaired) electrons. The van der Waals surface area contributed by atoms with Crippen molar-refractivity contribution in [1.82, 2.24) is 15.5 Å². The first-order valence-electron chi connectivity index (χ1n) is 10.3.